The lowest BCUT2D eigenvalue weighted by Gasteiger charge is -2.19. The van der Waals surface area contributed by atoms with Crippen molar-refractivity contribution in [2.45, 2.75) is 0 Å². The molecule has 0 aliphatic carbocycles. The molecule has 0 amide bonds. The van der Waals surface area contributed by atoms with Crippen LogP contribution in [-0.4, -0.2) is 0 Å². The lowest BCUT2D eigenvalue weighted by atomic mass is 9.84. The van der Waals surface area contributed by atoms with Gasteiger partial charge in [-0.1, -0.05) is 261 Å². The van der Waals surface area contributed by atoms with Gasteiger partial charge in [0.05, 0.1) is 0 Å². The second-order valence-corrected chi connectivity index (χ2v) is 16.8. The monoisotopic (exact) mass is 838 g/mol. The Bertz CT molecular complexity index is 3230. The van der Waals surface area contributed by atoms with Crippen LogP contribution in [0.15, 0.2) is 279 Å². The quantitative estimate of drug-likeness (QED) is 0.140. The largest absolute Gasteiger partial charge is 0.0622 e. The van der Waals surface area contributed by atoms with Gasteiger partial charge < -0.3 is 0 Å². The minimum absolute atomic E-state index is 1.23. The molecule has 0 aliphatic heterocycles. The van der Waals surface area contributed by atoms with Crippen LogP contribution in [-0.2, 0) is 0 Å². The lowest BCUT2D eigenvalue weighted by Crippen LogP contribution is -1.93. The fourth-order valence-corrected chi connectivity index (χ4v) is 9.60. The van der Waals surface area contributed by atoms with Crippen LogP contribution >= 0.6 is 0 Å². The maximum Gasteiger partial charge on any atom is -0.00143 e. The maximum atomic E-state index is 2.34. The summed E-state index contributed by atoms with van der Waals surface area (Å²) in [5, 5.41) is 7.69. The van der Waals surface area contributed by atoms with E-state index in [1.807, 2.05) is 0 Å². The van der Waals surface area contributed by atoms with Crippen LogP contribution < -0.4 is 0 Å². The summed E-state index contributed by atoms with van der Waals surface area (Å²) in [6, 6.07) is 100. The van der Waals surface area contributed by atoms with E-state index in [0.717, 1.165) is 0 Å². The highest BCUT2D eigenvalue weighted by Gasteiger charge is 2.18. The molecule has 0 nitrogen and oxygen atoms in total. The Morgan fingerprint density at radius 2 is 0.424 bits per heavy atom. The molecule has 0 aliphatic rings. The van der Waals surface area contributed by atoms with Gasteiger partial charge >= 0.3 is 0 Å². The SMILES string of the molecule is c1ccc(-c2ccc(-c3ccccc3)c3c(-c4ccccc4)ccc(-c4ccccc4)c23)cc1.c1ccc(-c2ccc3c(-c4ccccc4)c4ccc(-c5ccccc5)cc4cc3c2)cc1. The van der Waals surface area contributed by atoms with Gasteiger partial charge in [0, 0.05) is 0 Å². The second kappa shape index (κ2) is 18.3. The molecule has 0 fully saturated rings. The van der Waals surface area contributed by atoms with Crippen LogP contribution in [0.1, 0.15) is 0 Å². The van der Waals surface area contributed by atoms with Crippen molar-refractivity contribution in [3.63, 3.8) is 0 Å². The number of benzene rings is 12. The Balaban J connectivity index is 0.000000146. The average molecular weight is 839 g/mol. The molecule has 12 aromatic carbocycles. The van der Waals surface area contributed by atoms with E-state index in [2.05, 4.69) is 279 Å². The predicted octanol–water partition coefficient (Wildman–Crippen LogP) is 18.5. The number of hydrogen-bond donors (Lipinski definition) is 0. The molecule has 12 aromatic rings. The minimum atomic E-state index is 1.23. The van der Waals surface area contributed by atoms with Gasteiger partial charge in [0.25, 0.3) is 0 Å². The summed E-state index contributed by atoms with van der Waals surface area (Å²) in [5.74, 6) is 0. The van der Waals surface area contributed by atoms with Crippen molar-refractivity contribution >= 4 is 32.3 Å². The molecular formula is C66H46. The first-order valence-corrected chi connectivity index (χ1v) is 22.7. The number of hydrogen-bond acceptors (Lipinski definition) is 0. The maximum absolute atomic E-state index is 2.34. The standard InChI is InChI=1S/C34H24.C32H22/c1-5-13-25(14-6-1)29-21-22-31(27-17-9-3-10-18-27)34-32(28-19-11-4-12-20-28)24-23-30(33(29)34)26-15-7-2-8-16-26;1-4-10-23(11-5-1)26-16-18-30-28(20-26)22-29-21-27(24-12-6-2-7-13-24)17-19-31(29)32(30)25-14-8-3-9-15-25/h1-24H;1-22H. The summed E-state index contributed by atoms with van der Waals surface area (Å²) >= 11 is 0. The van der Waals surface area contributed by atoms with E-state index in [9.17, 15) is 0 Å². The van der Waals surface area contributed by atoms with Crippen LogP contribution in [0, 0.1) is 0 Å². The highest BCUT2D eigenvalue weighted by Crippen LogP contribution is 2.46. The van der Waals surface area contributed by atoms with E-state index in [1.165, 1.54) is 110 Å². The average Bonchev–Trinajstić information content (AvgIpc) is 3.41. The van der Waals surface area contributed by atoms with Gasteiger partial charge in [-0.2, -0.15) is 0 Å². The van der Waals surface area contributed by atoms with E-state index >= 15 is 0 Å². The minimum Gasteiger partial charge on any atom is -0.0622 e. The molecule has 310 valence electrons. The molecule has 66 heavy (non-hydrogen) atoms. The van der Waals surface area contributed by atoms with Gasteiger partial charge in [-0.15, -0.1) is 0 Å². The van der Waals surface area contributed by atoms with Crippen LogP contribution in [0.3, 0.4) is 0 Å². The van der Waals surface area contributed by atoms with Crippen molar-refractivity contribution in [2.24, 2.45) is 0 Å². The van der Waals surface area contributed by atoms with Crippen molar-refractivity contribution in [1.29, 1.82) is 0 Å². The van der Waals surface area contributed by atoms with E-state index < -0.39 is 0 Å². The highest BCUT2D eigenvalue weighted by molar-refractivity contribution is 6.18. The summed E-state index contributed by atoms with van der Waals surface area (Å²) in [4.78, 5) is 0. The lowest BCUT2D eigenvalue weighted by molar-refractivity contribution is 1.59. The molecule has 0 unspecified atom stereocenters. The third-order valence-electron chi connectivity index (χ3n) is 12.7. The van der Waals surface area contributed by atoms with Gasteiger partial charge in [0.2, 0.25) is 0 Å². The normalized spacial score (nSPS) is 11.0. The van der Waals surface area contributed by atoms with Crippen LogP contribution in [0.2, 0.25) is 0 Å². The van der Waals surface area contributed by atoms with Crippen molar-refractivity contribution in [1.82, 2.24) is 0 Å². The van der Waals surface area contributed by atoms with Crippen LogP contribution in [0.5, 0.6) is 0 Å². The van der Waals surface area contributed by atoms with Crippen LogP contribution in [0.25, 0.3) is 110 Å². The fourth-order valence-electron chi connectivity index (χ4n) is 9.60. The highest BCUT2D eigenvalue weighted by atomic mass is 14.2. The smallest absolute Gasteiger partial charge is 0.00143 e. The molecule has 0 heteroatoms. The second-order valence-electron chi connectivity index (χ2n) is 16.8. The summed E-state index contributed by atoms with van der Waals surface area (Å²) in [7, 11) is 0. The molecule has 0 atom stereocenters. The van der Waals surface area contributed by atoms with Crippen molar-refractivity contribution in [3.8, 4) is 77.9 Å². The molecule has 0 spiro atoms. The molecule has 0 bridgehead atoms. The third-order valence-corrected chi connectivity index (χ3v) is 12.7. The van der Waals surface area contributed by atoms with E-state index in [1.54, 1.807) is 0 Å². The summed E-state index contributed by atoms with van der Waals surface area (Å²) in [5.41, 5.74) is 17.5. The van der Waals surface area contributed by atoms with Crippen molar-refractivity contribution < 1.29 is 0 Å². The van der Waals surface area contributed by atoms with Gasteiger partial charge in [-0.25, -0.2) is 0 Å². The first-order chi connectivity index (χ1) is 32.8. The van der Waals surface area contributed by atoms with Gasteiger partial charge in [-0.3, -0.25) is 0 Å². The number of rotatable bonds is 7. The van der Waals surface area contributed by atoms with Crippen molar-refractivity contribution in [2.75, 3.05) is 0 Å². The predicted molar refractivity (Wildman–Crippen MR) is 283 cm³/mol. The van der Waals surface area contributed by atoms with Gasteiger partial charge in [-0.05, 0) is 128 Å². The third kappa shape index (κ3) is 7.98. The van der Waals surface area contributed by atoms with Gasteiger partial charge in [0.1, 0.15) is 0 Å². The van der Waals surface area contributed by atoms with E-state index in [0.29, 0.717) is 0 Å². The molecule has 0 N–H and O–H groups in total. The zero-order chi connectivity index (χ0) is 44.1. The van der Waals surface area contributed by atoms with Crippen LogP contribution in [0.4, 0.5) is 0 Å². The molecule has 0 radical (unpaired) electrons. The Morgan fingerprint density at radius 3 is 0.712 bits per heavy atom. The fraction of sp³-hybridized carbons (Fsp3) is 0. The van der Waals surface area contributed by atoms with Gasteiger partial charge in [0.15, 0.2) is 0 Å². The Kier molecular flexibility index (Phi) is 11.1. The zero-order valence-electron chi connectivity index (χ0n) is 36.6. The number of fused-ring (bicyclic) bond motifs is 3. The molecule has 0 saturated carbocycles. The molecular weight excluding hydrogens is 793 g/mol. The first-order valence-electron chi connectivity index (χ1n) is 22.7. The zero-order valence-corrected chi connectivity index (χ0v) is 36.6. The first kappa shape index (κ1) is 40.2. The molecule has 0 saturated heterocycles. The molecule has 0 heterocycles. The van der Waals surface area contributed by atoms with Crippen molar-refractivity contribution in [3.05, 3.63) is 279 Å². The Hall–Kier alpha value is -8.58. The topological polar surface area (TPSA) is 0 Å². The Morgan fingerprint density at radius 1 is 0.167 bits per heavy atom. The molecule has 0 aromatic heterocycles. The molecule has 12 rings (SSSR count). The summed E-state index contributed by atoms with van der Waals surface area (Å²) < 4.78 is 0. The summed E-state index contributed by atoms with van der Waals surface area (Å²) in [6.45, 7) is 0. The van der Waals surface area contributed by atoms with E-state index in [4.69, 9.17) is 0 Å². The summed E-state index contributed by atoms with van der Waals surface area (Å²) in [6.07, 6.45) is 0. The van der Waals surface area contributed by atoms with E-state index in [-0.39, 0.29) is 0 Å². The Labute approximate surface area is 387 Å².